The minimum atomic E-state index is -0.531. The van der Waals surface area contributed by atoms with Crippen molar-refractivity contribution in [3.8, 4) is 5.75 Å². The van der Waals surface area contributed by atoms with Crippen LogP contribution in [0.3, 0.4) is 0 Å². The molecular weight excluding hydrogens is 367 g/mol. The molecule has 1 amide bonds. The lowest BCUT2D eigenvalue weighted by atomic mass is 10.1. The molecule has 5 heteroatoms. The SMILES string of the molecule is C=CCCCCCOc1cccc(N(C)C(=O)c2ccc3ncccc3c2)c1F. The van der Waals surface area contributed by atoms with Gasteiger partial charge in [-0.2, -0.15) is 0 Å². The van der Waals surface area contributed by atoms with Crippen molar-refractivity contribution in [1.29, 1.82) is 0 Å². The summed E-state index contributed by atoms with van der Waals surface area (Å²) in [6.07, 6.45) is 7.47. The summed E-state index contributed by atoms with van der Waals surface area (Å²) < 4.78 is 20.5. The average molecular weight is 392 g/mol. The Hall–Kier alpha value is -3.21. The highest BCUT2D eigenvalue weighted by Crippen LogP contribution is 2.28. The van der Waals surface area contributed by atoms with Crippen LogP contribution in [0.25, 0.3) is 10.9 Å². The standard InChI is InChI=1S/C24H25FN2O2/c1-3-4-5-6-7-16-29-22-12-8-11-21(23(22)25)27(2)24(28)19-13-14-20-18(17-19)10-9-15-26-20/h3,8-15,17H,1,4-7,16H2,2H3. The van der Waals surface area contributed by atoms with Crippen LogP contribution in [-0.4, -0.2) is 24.5 Å². The van der Waals surface area contributed by atoms with E-state index in [9.17, 15) is 9.18 Å². The largest absolute Gasteiger partial charge is 0.490 e. The molecule has 2 aromatic carbocycles. The smallest absolute Gasteiger partial charge is 0.258 e. The van der Waals surface area contributed by atoms with Gasteiger partial charge < -0.3 is 9.64 Å². The summed E-state index contributed by atoms with van der Waals surface area (Å²) in [5.41, 5.74) is 1.47. The fourth-order valence-corrected chi connectivity index (χ4v) is 3.13. The molecule has 0 unspecified atom stereocenters. The maximum atomic E-state index is 14.9. The fraction of sp³-hybridized carbons (Fsp3) is 0.250. The first-order valence-electron chi connectivity index (χ1n) is 9.77. The quantitative estimate of drug-likeness (QED) is 0.343. The van der Waals surface area contributed by atoms with Crippen molar-refractivity contribution in [2.75, 3.05) is 18.6 Å². The number of fused-ring (bicyclic) bond motifs is 1. The molecule has 0 aliphatic rings. The number of halogens is 1. The Kier molecular flexibility index (Phi) is 6.95. The van der Waals surface area contributed by atoms with Crippen LogP contribution in [0.15, 0.2) is 67.4 Å². The van der Waals surface area contributed by atoms with Gasteiger partial charge >= 0.3 is 0 Å². The molecule has 0 bridgehead atoms. The van der Waals surface area contributed by atoms with Gasteiger partial charge in [-0.1, -0.05) is 18.2 Å². The number of hydrogen-bond acceptors (Lipinski definition) is 3. The molecule has 150 valence electrons. The molecule has 4 nitrogen and oxygen atoms in total. The third-order valence-electron chi connectivity index (χ3n) is 4.77. The Morgan fingerprint density at radius 3 is 2.86 bits per heavy atom. The van der Waals surface area contributed by atoms with Crippen LogP contribution in [0.1, 0.15) is 36.0 Å². The molecular formula is C24H25FN2O2. The zero-order valence-electron chi connectivity index (χ0n) is 16.6. The van der Waals surface area contributed by atoms with Gasteiger partial charge in [-0.3, -0.25) is 9.78 Å². The normalized spacial score (nSPS) is 10.7. The second-order valence-corrected chi connectivity index (χ2v) is 6.85. The molecule has 0 fully saturated rings. The van der Waals surface area contributed by atoms with E-state index in [0.29, 0.717) is 12.2 Å². The number of hydrogen-bond donors (Lipinski definition) is 0. The number of nitrogens with zero attached hydrogens (tertiary/aromatic N) is 2. The van der Waals surface area contributed by atoms with Crippen LogP contribution < -0.4 is 9.64 Å². The zero-order valence-corrected chi connectivity index (χ0v) is 16.6. The number of carbonyl (C=O) groups excluding carboxylic acids is 1. The number of anilines is 1. The highest BCUT2D eigenvalue weighted by molar-refractivity contribution is 6.07. The Balaban J connectivity index is 1.71. The zero-order chi connectivity index (χ0) is 20.6. The van der Waals surface area contributed by atoms with Crippen LogP contribution in [-0.2, 0) is 0 Å². The summed E-state index contributed by atoms with van der Waals surface area (Å²) in [4.78, 5) is 18.5. The Morgan fingerprint density at radius 2 is 2.03 bits per heavy atom. The molecule has 0 aliphatic carbocycles. The fourth-order valence-electron chi connectivity index (χ4n) is 3.13. The van der Waals surface area contributed by atoms with Gasteiger partial charge in [-0.25, -0.2) is 4.39 Å². The minimum Gasteiger partial charge on any atom is -0.490 e. The van der Waals surface area contributed by atoms with Crippen molar-refractivity contribution in [3.05, 3.63) is 78.8 Å². The van der Waals surface area contributed by atoms with Gasteiger partial charge in [-0.05, 0) is 62.1 Å². The molecule has 0 saturated heterocycles. The molecule has 0 atom stereocenters. The van der Waals surface area contributed by atoms with E-state index in [1.54, 1.807) is 49.6 Å². The van der Waals surface area contributed by atoms with Crippen molar-refractivity contribution in [1.82, 2.24) is 4.98 Å². The monoisotopic (exact) mass is 392 g/mol. The van der Waals surface area contributed by atoms with E-state index >= 15 is 0 Å². The van der Waals surface area contributed by atoms with E-state index in [1.165, 1.54) is 4.90 Å². The first-order valence-corrected chi connectivity index (χ1v) is 9.77. The molecule has 29 heavy (non-hydrogen) atoms. The van der Waals surface area contributed by atoms with Crippen LogP contribution in [0.5, 0.6) is 5.75 Å². The molecule has 0 saturated carbocycles. The number of benzene rings is 2. The number of carbonyl (C=O) groups is 1. The van der Waals surface area contributed by atoms with E-state index in [2.05, 4.69) is 11.6 Å². The molecule has 0 aliphatic heterocycles. The maximum Gasteiger partial charge on any atom is 0.258 e. The summed E-state index contributed by atoms with van der Waals surface area (Å²) in [6, 6.07) is 13.8. The number of amides is 1. The third-order valence-corrected chi connectivity index (χ3v) is 4.77. The summed E-state index contributed by atoms with van der Waals surface area (Å²) >= 11 is 0. The van der Waals surface area contributed by atoms with Crippen LogP contribution in [0, 0.1) is 5.82 Å². The number of aromatic nitrogens is 1. The predicted octanol–water partition coefficient (Wildman–Crippen LogP) is 5.78. The summed E-state index contributed by atoms with van der Waals surface area (Å²) in [5.74, 6) is -0.665. The maximum absolute atomic E-state index is 14.9. The lowest BCUT2D eigenvalue weighted by Crippen LogP contribution is -2.27. The first kappa shape index (κ1) is 20.5. The number of ether oxygens (including phenoxy) is 1. The van der Waals surface area contributed by atoms with Crippen molar-refractivity contribution in [2.45, 2.75) is 25.7 Å². The first-order chi connectivity index (χ1) is 14.1. The van der Waals surface area contributed by atoms with E-state index < -0.39 is 5.82 Å². The number of pyridine rings is 1. The van der Waals surface area contributed by atoms with Crippen molar-refractivity contribution < 1.29 is 13.9 Å². The predicted molar refractivity (Wildman–Crippen MR) is 115 cm³/mol. The lowest BCUT2D eigenvalue weighted by Gasteiger charge is -2.20. The molecule has 3 aromatic rings. The molecule has 3 rings (SSSR count). The van der Waals surface area contributed by atoms with Crippen molar-refractivity contribution in [3.63, 3.8) is 0 Å². The van der Waals surface area contributed by atoms with E-state index in [-0.39, 0.29) is 17.3 Å². The second kappa shape index (κ2) is 9.82. The minimum absolute atomic E-state index is 0.161. The van der Waals surface area contributed by atoms with Gasteiger partial charge in [-0.15, -0.1) is 6.58 Å². The average Bonchev–Trinajstić information content (AvgIpc) is 2.76. The molecule has 1 aromatic heterocycles. The Labute approximate surface area is 170 Å². The topological polar surface area (TPSA) is 42.4 Å². The van der Waals surface area contributed by atoms with Crippen LogP contribution in [0.4, 0.5) is 10.1 Å². The number of rotatable bonds is 9. The lowest BCUT2D eigenvalue weighted by molar-refractivity contribution is 0.0992. The summed E-state index contributed by atoms with van der Waals surface area (Å²) in [6.45, 7) is 4.14. The van der Waals surface area contributed by atoms with Crippen LogP contribution in [0.2, 0.25) is 0 Å². The number of allylic oxidation sites excluding steroid dienone is 1. The van der Waals surface area contributed by atoms with Gasteiger partial charge in [0.15, 0.2) is 11.6 Å². The van der Waals surface area contributed by atoms with Gasteiger partial charge in [0.2, 0.25) is 0 Å². The highest BCUT2D eigenvalue weighted by Gasteiger charge is 2.19. The summed E-state index contributed by atoms with van der Waals surface area (Å²) in [7, 11) is 1.56. The molecule has 1 heterocycles. The highest BCUT2D eigenvalue weighted by atomic mass is 19.1. The molecule has 0 spiro atoms. The van der Waals surface area contributed by atoms with E-state index in [1.807, 2.05) is 18.2 Å². The second-order valence-electron chi connectivity index (χ2n) is 6.85. The molecule has 0 N–H and O–H groups in total. The van der Waals surface area contributed by atoms with Gasteiger partial charge in [0, 0.05) is 24.2 Å². The van der Waals surface area contributed by atoms with Crippen LogP contribution >= 0.6 is 0 Å². The third kappa shape index (κ3) is 4.99. The Morgan fingerprint density at radius 1 is 1.17 bits per heavy atom. The van der Waals surface area contributed by atoms with Crippen molar-refractivity contribution in [2.24, 2.45) is 0 Å². The van der Waals surface area contributed by atoms with Gasteiger partial charge in [0.05, 0.1) is 17.8 Å². The molecule has 0 radical (unpaired) electrons. The van der Waals surface area contributed by atoms with Gasteiger partial charge in [0.25, 0.3) is 5.91 Å². The Bertz CT molecular complexity index is 1000. The summed E-state index contributed by atoms with van der Waals surface area (Å²) in [5, 5.41) is 0.862. The number of unbranched alkanes of at least 4 members (excludes halogenated alkanes) is 3. The van der Waals surface area contributed by atoms with E-state index in [4.69, 9.17) is 4.74 Å². The van der Waals surface area contributed by atoms with E-state index in [0.717, 1.165) is 36.6 Å². The van der Waals surface area contributed by atoms with Crippen molar-refractivity contribution >= 4 is 22.5 Å². The van der Waals surface area contributed by atoms with Gasteiger partial charge in [0.1, 0.15) is 0 Å².